The summed E-state index contributed by atoms with van der Waals surface area (Å²) in [6.45, 7) is 4.62. The molecule has 0 spiro atoms. The summed E-state index contributed by atoms with van der Waals surface area (Å²) in [6, 6.07) is 7.43. The SMILES string of the molecule is COc1cc(C#N)ccc1NCc1c(C)n[nH]c1C. The Kier molecular flexibility index (Phi) is 3.71. The molecule has 0 aliphatic rings. The molecule has 0 amide bonds. The largest absolute Gasteiger partial charge is 0.495 e. The van der Waals surface area contributed by atoms with Gasteiger partial charge in [0.2, 0.25) is 0 Å². The molecule has 1 aromatic heterocycles. The maximum atomic E-state index is 8.86. The maximum Gasteiger partial charge on any atom is 0.143 e. The van der Waals surface area contributed by atoms with Gasteiger partial charge < -0.3 is 10.1 Å². The topological polar surface area (TPSA) is 73.7 Å². The van der Waals surface area contributed by atoms with Crippen LogP contribution in [0.4, 0.5) is 5.69 Å². The molecule has 0 atom stereocenters. The number of aromatic amines is 1. The zero-order chi connectivity index (χ0) is 13.8. The molecule has 0 aliphatic heterocycles. The number of ether oxygens (including phenoxy) is 1. The predicted molar refractivity (Wildman–Crippen MR) is 73.1 cm³/mol. The highest BCUT2D eigenvalue weighted by molar-refractivity contribution is 5.59. The van der Waals surface area contributed by atoms with Crippen LogP contribution in [-0.4, -0.2) is 17.3 Å². The molecule has 0 aliphatic carbocycles. The number of nitriles is 1. The Hall–Kier alpha value is -2.48. The van der Waals surface area contributed by atoms with E-state index in [2.05, 4.69) is 21.6 Å². The molecule has 0 fully saturated rings. The highest BCUT2D eigenvalue weighted by Crippen LogP contribution is 2.26. The van der Waals surface area contributed by atoms with Gasteiger partial charge in [-0.15, -0.1) is 0 Å². The van der Waals surface area contributed by atoms with Crippen molar-refractivity contribution >= 4 is 5.69 Å². The van der Waals surface area contributed by atoms with Crippen molar-refractivity contribution in [2.45, 2.75) is 20.4 Å². The van der Waals surface area contributed by atoms with Gasteiger partial charge in [-0.25, -0.2) is 0 Å². The minimum atomic E-state index is 0.582. The molecule has 0 unspecified atom stereocenters. The molecule has 2 aromatic rings. The first kappa shape index (κ1) is 13.0. The first-order chi connectivity index (χ1) is 9.15. The third-order valence-electron chi connectivity index (χ3n) is 3.07. The molecule has 2 rings (SSSR count). The molecule has 0 radical (unpaired) electrons. The fraction of sp³-hybridized carbons (Fsp3) is 0.286. The van der Waals surface area contributed by atoms with E-state index in [4.69, 9.17) is 10.00 Å². The Morgan fingerprint density at radius 1 is 1.42 bits per heavy atom. The van der Waals surface area contributed by atoms with E-state index in [-0.39, 0.29) is 0 Å². The number of benzene rings is 1. The van der Waals surface area contributed by atoms with E-state index in [0.717, 1.165) is 22.6 Å². The van der Waals surface area contributed by atoms with Gasteiger partial charge in [-0.05, 0) is 26.0 Å². The van der Waals surface area contributed by atoms with Crippen LogP contribution in [0.25, 0.3) is 0 Å². The van der Waals surface area contributed by atoms with Crippen LogP contribution in [-0.2, 0) is 6.54 Å². The molecule has 5 nitrogen and oxygen atoms in total. The van der Waals surface area contributed by atoms with Crippen molar-refractivity contribution in [3.8, 4) is 11.8 Å². The summed E-state index contributed by atoms with van der Waals surface area (Å²) in [7, 11) is 1.59. The third kappa shape index (κ3) is 2.68. The summed E-state index contributed by atoms with van der Waals surface area (Å²) in [5, 5.41) is 19.3. The molecule has 0 bridgehead atoms. The predicted octanol–water partition coefficient (Wildman–Crippen LogP) is 2.52. The van der Waals surface area contributed by atoms with Crippen molar-refractivity contribution in [3.05, 3.63) is 40.7 Å². The van der Waals surface area contributed by atoms with Crippen LogP contribution in [0.2, 0.25) is 0 Å². The Morgan fingerprint density at radius 2 is 2.21 bits per heavy atom. The number of hydrogen-bond donors (Lipinski definition) is 2. The maximum absolute atomic E-state index is 8.86. The molecule has 1 heterocycles. The summed E-state index contributed by atoms with van der Waals surface area (Å²) in [6.07, 6.45) is 0. The van der Waals surface area contributed by atoms with Crippen molar-refractivity contribution in [2.24, 2.45) is 0 Å². The number of aromatic nitrogens is 2. The van der Waals surface area contributed by atoms with Gasteiger partial charge in [-0.1, -0.05) is 0 Å². The van der Waals surface area contributed by atoms with E-state index in [0.29, 0.717) is 17.9 Å². The summed E-state index contributed by atoms with van der Waals surface area (Å²) in [5.41, 5.74) is 4.63. The number of rotatable bonds is 4. The molecular weight excluding hydrogens is 240 g/mol. The van der Waals surface area contributed by atoms with Gasteiger partial charge in [0.15, 0.2) is 0 Å². The van der Waals surface area contributed by atoms with Gasteiger partial charge in [0.05, 0.1) is 30.1 Å². The minimum absolute atomic E-state index is 0.582. The first-order valence-electron chi connectivity index (χ1n) is 5.98. The zero-order valence-electron chi connectivity index (χ0n) is 11.2. The van der Waals surface area contributed by atoms with Gasteiger partial charge in [-0.3, -0.25) is 5.10 Å². The normalized spacial score (nSPS) is 10.0. The average molecular weight is 256 g/mol. The van der Waals surface area contributed by atoms with Crippen LogP contribution >= 0.6 is 0 Å². The number of nitrogens with zero attached hydrogens (tertiary/aromatic N) is 2. The Bertz CT molecular complexity index is 605. The minimum Gasteiger partial charge on any atom is -0.495 e. The van der Waals surface area contributed by atoms with Crippen LogP contribution in [0, 0.1) is 25.2 Å². The summed E-state index contributed by atoms with van der Waals surface area (Å²) in [5.74, 6) is 0.665. The Morgan fingerprint density at radius 3 is 2.79 bits per heavy atom. The number of methoxy groups -OCH3 is 1. The lowest BCUT2D eigenvalue weighted by molar-refractivity contribution is 0.416. The van der Waals surface area contributed by atoms with Crippen molar-refractivity contribution in [2.75, 3.05) is 12.4 Å². The lowest BCUT2D eigenvalue weighted by Gasteiger charge is -2.11. The molecular formula is C14H16N4O. The number of anilines is 1. The van der Waals surface area contributed by atoms with Crippen LogP contribution in [0.5, 0.6) is 5.75 Å². The van der Waals surface area contributed by atoms with Gasteiger partial charge in [0.25, 0.3) is 0 Å². The van der Waals surface area contributed by atoms with E-state index in [1.54, 1.807) is 19.2 Å². The summed E-state index contributed by atoms with van der Waals surface area (Å²) in [4.78, 5) is 0. The zero-order valence-corrected chi connectivity index (χ0v) is 11.2. The van der Waals surface area contributed by atoms with E-state index in [1.165, 1.54) is 0 Å². The van der Waals surface area contributed by atoms with Crippen LogP contribution in [0.3, 0.4) is 0 Å². The van der Waals surface area contributed by atoms with Gasteiger partial charge in [-0.2, -0.15) is 10.4 Å². The van der Waals surface area contributed by atoms with Gasteiger partial charge >= 0.3 is 0 Å². The fourth-order valence-electron chi connectivity index (χ4n) is 1.92. The quantitative estimate of drug-likeness (QED) is 0.881. The lowest BCUT2D eigenvalue weighted by Crippen LogP contribution is -2.03. The molecule has 0 saturated heterocycles. The van der Waals surface area contributed by atoms with Crippen LogP contribution < -0.4 is 10.1 Å². The second-order valence-electron chi connectivity index (χ2n) is 4.29. The van der Waals surface area contributed by atoms with E-state index < -0.39 is 0 Å². The highest BCUT2D eigenvalue weighted by Gasteiger charge is 2.08. The monoisotopic (exact) mass is 256 g/mol. The molecule has 2 N–H and O–H groups in total. The van der Waals surface area contributed by atoms with Crippen molar-refractivity contribution < 1.29 is 4.74 Å². The second-order valence-corrected chi connectivity index (χ2v) is 4.29. The van der Waals surface area contributed by atoms with Gasteiger partial charge in [0.1, 0.15) is 5.75 Å². The fourth-order valence-corrected chi connectivity index (χ4v) is 1.92. The molecule has 0 saturated carbocycles. The first-order valence-corrected chi connectivity index (χ1v) is 5.98. The van der Waals surface area contributed by atoms with Crippen molar-refractivity contribution in [3.63, 3.8) is 0 Å². The van der Waals surface area contributed by atoms with Crippen molar-refractivity contribution in [1.29, 1.82) is 5.26 Å². The molecule has 98 valence electrons. The number of hydrogen-bond acceptors (Lipinski definition) is 4. The van der Waals surface area contributed by atoms with Crippen LogP contribution in [0.1, 0.15) is 22.5 Å². The number of H-pyrrole nitrogens is 1. The second kappa shape index (κ2) is 5.44. The highest BCUT2D eigenvalue weighted by atomic mass is 16.5. The van der Waals surface area contributed by atoms with E-state index in [9.17, 15) is 0 Å². The average Bonchev–Trinajstić information content (AvgIpc) is 2.75. The standard InChI is InChI=1S/C14H16N4O/c1-9-12(10(2)18-17-9)8-16-13-5-4-11(7-15)6-14(13)19-3/h4-6,16H,8H2,1-3H3,(H,17,18). The molecule has 19 heavy (non-hydrogen) atoms. The van der Waals surface area contributed by atoms with E-state index in [1.807, 2.05) is 19.9 Å². The Balaban J connectivity index is 2.18. The van der Waals surface area contributed by atoms with Gasteiger partial charge in [0, 0.05) is 23.9 Å². The smallest absolute Gasteiger partial charge is 0.143 e. The molecule has 5 heteroatoms. The third-order valence-corrected chi connectivity index (χ3v) is 3.07. The Labute approximate surface area is 112 Å². The summed E-state index contributed by atoms with van der Waals surface area (Å²) < 4.78 is 5.28. The van der Waals surface area contributed by atoms with E-state index >= 15 is 0 Å². The van der Waals surface area contributed by atoms with Crippen LogP contribution in [0.15, 0.2) is 18.2 Å². The summed E-state index contributed by atoms with van der Waals surface area (Å²) >= 11 is 0. The molecule has 1 aromatic carbocycles. The number of nitrogens with one attached hydrogen (secondary N) is 2. The van der Waals surface area contributed by atoms with Crippen molar-refractivity contribution in [1.82, 2.24) is 10.2 Å². The lowest BCUT2D eigenvalue weighted by atomic mass is 10.1. The number of aryl methyl sites for hydroxylation is 2.